The molecule has 4 nitrogen and oxygen atoms in total. The molecule has 2 N–H and O–H groups in total. The van der Waals surface area contributed by atoms with Crippen LogP contribution in [0.25, 0.3) is 0 Å². The van der Waals surface area contributed by atoms with Crippen LogP contribution in [-0.4, -0.2) is 37.2 Å². The third-order valence-electron chi connectivity index (χ3n) is 3.68. The Balaban J connectivity index is 0.00000242. The summed E-state index contributed by atoms with van der Waals surface area (Å²) in [4.78, 5) is 2.26. The van der Waals surface area contributed by atoms with Crippen LogP contribution in [0.1, 0.15) is 19.4 Å². The molecule has 1 aromatic rings. The highest BCUT2D eigenvalue weighted by Gasteiger charge is 2.26. The van der Waals surface area contributed by atoms with E-state index in [1.165, 1.54) is 6.07 Å². The molecule has 1 aliphatic heterocycles. The van der Waals surface area contributed by atoms with E-state index in [0.717, 1.165) is 25.2 Å². The zero-order chi connectivity index (χ0) is 15.4. The Morgan fingerprint density at radius 2 is 2.05 bits per heavy atom. The van der Waals surface area contributed by atoms with E-state index in [1.807, 2.05) is 0 Å². The van der Waals surface area contributed by atoms with Crippen LogP contribution in [0.2, 0.25) is 0 Å². The molecule has 126 valence electrons. The first-order valence-electron chi connectivity index (χ1n) is 7.18. The van der Waals surface area contributed by atoms with Crippen LogP contribution in [0, 0.1) is 5.92 Å². The highest BCUT2D eigenvalue weighted by molar-refractivity contribution is 5.85. The summed E-state index contributed by atoms with van der Waals surface area (Å²) in [6, 6.07) is 5.27. The smallest absolute Gasteiger partial charge is 0.387 e. The summed E-state index contributed by atoms with van der Waals surface area (Å²) in [5.41, 5.74) is 7.01. The number of likely N-dealkylation sites (tertiary alicyclic amines) is 1. The molecule has 0 radical (unpaired) electrons. The molecule has 0 spiro atoms. The lowest BCUT2D eigenvalue weighted by Crippen LogP contribution is -2.28. The fraction of sp³-hybridized carbons (Fsp3) is 0.600. The highest BCUT2D eigenvalue weighted by Crippen LogP contribution is 2.30. The van der Waals surface area contributed by atoms with Gasteiger partial charge >= 0.3 is 6.61 Å². The van der Waals surface area contributed by atoms with Crippen molar-refractivity contribution in [2.24, 2.45) is 11.7 Å². The Kier molecular flexibility index (Phi) is 7.32. The molecule has 1 saturated heterocycles. The second kappa shape index (κ2) is 8.50. The SMILES string of the molecule is CCOc1cc(CN2CC(C)C(N)C2)ccc1OC(F)F.Cl. The van der Waals surface area contributed by atoms with E-state index in [1.54, 1.807) is 19.1 Å². The van der Waals surface area contributed by atoms with Gasteiger partial charge in [-0.1, -0.05) is 13.0 Å². The lowest BCUT2D eigenvalue weighted by Gasteiger charge is -2.17. The first-order chi connectivity index (χ1) is 9.99. The van der Waals surface area contributed by atoms with Crippen molar-refractivity contribution in [2.75, 3.05) is 19.7 Å². The number of ether oxygens (including phenoxy) is 2. The van der Waals surface area contributed by atoms with Gasteiger partial charge in [0.05, 0.1) is 6.61 Å². The molecule has 1 aromatic carbocycles. The molecule has 1 fully saturated rings. The summed E-state index contributed by atoms with van der Waals surface area (Å²) in [5, 5.41) is 0. The summed E-state index contributed by atoms with van der Waals surface area (Å²) in [5.74, 6) is 0.895. The van der Waals surface area contributed by atoms with Crippen LogP contribution in [0.5, 0.6) is 11.5 Å². The Bertz CT molecular complexity index is 467. The topological polar surface area (TPSA) is 47.7 Å². The van der Waals surface area contributed by atoms with E-state index in [4.69, 9.17) is 10.5 Å². The van der Waals surface area contributed by atoms with Crippen LogP contribution in [-0.2, 0) is 6.54 Å². The minimum atomic E-state index is -2.85. The normalized spacial score (nSPS) is 21.7. The van der Waals surface area contributed by atoms with Crippen LogP contribution >= 0.6 is 12.4 Å². The van der Waals surface area contributed by atoms with E-state index >= 15 is 0 Å². The summed E-state index contributed by atoms with van der Waals surface area (Å²) >= 11 is 0. The summed E-state index contributed by atoms with van der Waals surface area (Å²) in [6.45, 7) is 4.01. The molecule has 2 atom stereocenters. The maximum absolute atomic E-state index is 12.4. The van der Waals surface area contributed by atoms with E-state index in [2.05, 4.69) is 16.6 Å². The van der Waals surface area contributed by atoms with Crippen LogP contribution in [0.3, 0.4) is 0 Å². The number of halogens is 3. The van der Waals surface area contributed by atoms with E-state index < -0.39 is 6.61 Å². The van der Waals surface area contributed by atoms with Gasteiger partial charge in [0, 0.05) is 25.7 Å². The second-order valence-electron chi connectivity index (χ2n) is 5.43. The van der Waals surface area contributed by atoms with Crippen molar-refractivity contribution in [3.63, 3.8) is 0 Å². The molecule has 22 heavy (non-hydrogen) atoms. The summed E-state index contributed by atoms with van der Waals surface area (Å²) < 4.78 is 34.6. The number of alkyl halides is 2. The van der Waals surface area contributed by atoms with Gasteiger partial charge in [0.1, 0.15) is 0 Å². The number of nitrogens with two attached hydrogens (primary N) is 1. The summed E-state index contributed by atoms with van der Waals surface area (Å²) in [6.07, 6.45) is 0. The second-order valence-corrected chi connectivity index (χ2v) is 5.43. The lowest BCUT2D eigenvalue weighted by molar-refractivity contribution is -0.0514. The van der Waals surface area contributed by atoms with Crippen molar-refractivity contribution in [2.45, 2.75) is 33.0 Å². The van der Waals surface area contributed by atoms with Crippen molar-refractivity contribution < 1.29 is 18.3 Å². The molecule has 0 amide bonds. The standard InChI is InChI=1S/C15H22F2N2O2.ClH/c1-3-20-14-6-11(4-5-13(14)21-15(16)17)8-19-7-10(2)12(18)9-19;/h4-6,10,12,15H,3,7-9,18H2,1-2H3;1H. The Hall–Kier alpha value is -1.11. The third kappa shape index (κ3) is 4.97. The number of nitrogens with zero attached hydrogens (tertiary/aromatic N) is 1. The van der Waals surface area contributed by atoms with Gasteiger partial charge in [0.25, 0.3) is 0 Å². The van der Waals surface area contributed by atoms with Crippen molar-refractivity contribution in [3.05, 3.63) is 23.8 Å². The lowest BCUT2D eigenvalue weighted by atomic mass is 10.1. The highest BCUT2D eigenvalue weighted by atomic mass is 35.5. The van der Waals surface area contributed by atoms with Gasteiger partial charge < -0.3 is 15.2 Å². The minimum absolute atomic E-state index is 0. The molecule has 7 heteroatoms. The Morgan fingerprint density at radius 1 is 1.32 bits per heavy atom. The van der Waals surface area contributed by atoms with Gasteiger partial charge in [-0.05, 0) is 30.5 Å². The molecular formula is C15H23ClF2N2O2. The molecule has 1 heterocycles. The molecule has 2 rings (SSSR count). The van der Waals surface area contributed by atoms with Gasteiger partial charge in [-0.15, -0.1) is 12.4 Å². The maximum Gasteiger partial charge on any atom is 0.387 e. The number of hydrogen-bond donors (Lipinski definition) is 1. The molecule has 0 aliphatic carbocycles. The third-order valence-corrected chi connectivity index (χ3v) is 3.68. The molecule has 1 aliphatic rings. The number of rotatable bonds is 6. The van der Waals surface area contributed by atoms with Gasteiger partial charge in [0.15, 0.2) is 11.5 Å². The van der Waals surface area contributed by atoms with Crippen LogP contribution in [0.4, 0.5) is 8.78 Å². The molecule has 0 bridgehead atoms. The monoisotopic (exact) mass is 336 g/mol. The van der Waals surface area contributed by atoms with Crippen molar-refractivity contribution in [1.29, 1.82) is 0 Å². The zero-order valence-corrected chi connectivity index (χ0v) is 13.6. The Morgan fingerprint density at radius 3 is 2.59 bits per heavy atom. The first kappa shape index (κ1) is 18.9. The fourth-order valence-corrected chi connectivity index (χ4v) is 2.60. The van der Waals surface area contributed by atoms with Crippen LogP contribution < -0.4 is 15.2 Å². The predicted octanol–water partition coefficient (Wildman–Crippen LogP) is 2.89. The minimum Gasteiger partial charge on any atom is -0.490 e. The van der Waals surface area contributed by atoms with Gasteiger partial charge in [-0.25, -0.2) is 0 Å². The van der Waals surface area contributed by atoms with E-state index in [9.17, 15) is 8.78 Å². The molecule has 2 unspecified atom stereocenters. The quantitative estimate of drug-likeness (QED) is 0.867. The largest absolute Gasteiger partial charge is 0.490 e. The molecule has 0 saturated carbocycles. The maximum atomic E-state index is 12.4. The Labute approximate surface area is 136 Å². The first-order valence-corrected chi connectivity index (χ1v) is 7.18. The van der Waals surface area contributed by atoms with Gasteiger partial charge in [-0.3, -0.25) is 4.90 Å². The molecular weight excluding hydrogens is 314 g/mol. The number of benzene rings is 1. The van der Waals surface area contributed by atoms with Gasteiger partial charge in [-0.2, -0.15) is 8.78 Å². The fourth-order valence-electron chi connectivity index (χ4n) is 2.60. The van der Waals surface area contributed by atoms with Crippen molar-refractivity contribution in [1.82, 2.24) is 4.90 Å². The average molecular weight is 337 g/mol. The zero-order valence-electron chi connectivity index (χ0n) is 12.8. The predicted molar refractivity (Wildman–Crippen MR) is 83.9 cm³/mol. The molecule has 0 aromatic heterocycles. The van der Waals surface area contributed by atoms with E-state index in [-0.39, 0.29) is 24.2 Å². The average Bonchev–Trinajstić information content (AvgIpc) is 2.71. The van der Waals surface area contributed by atoms with Gasteiger partial charge in [0.2, 0.25) is 0 Å². The van der Waals surface area contributed by atoms with Crippen LogP contribution in [0.15, 0.2) is 18.2 Å². The van der Waals surface area contributed by atoms with Crippen molar-refractivity contribution >= 4 is 12.4 Å². The van der Waals surface area contributed by atoms with E-state index in [0.29, 0.717) is 18.3 Å². The summed E-state index contributed by atoms with van der Waals surface area (Å²) in [7, 11) is 0. The number of hydrogen-bond acceptors (Lipinski definition) is 4. The van der Waals surface area contributed by atoms with Crippen molar-refractivity contribution in [3.8, 4) is 11.5 Å².